The number of fused-ring (bicyclic) bond motifs is 1. The quantitative estimate of drug-likeness (QED) is 0.567. The van der Waals surface area contributed by atoms with Crippen LogP contribution in [0.5, 0.6) is 0 Å². The zero-order chi connectivity index (χ0) is 14.2. The van der Waals surface area contributed by atoms with Crippen LogP contribution < -0.4 is 0 Å². The number of Topliss-reactive ketones (excluding diaryl/α,β-unsaturated/α-hetero) is 1. The summed E-state index contributed by atoms with van der Waals surface area (Å²) in [5.41, 5.74) is 2.00. The number of esters is 1. The van der Waals surface area contributed by atoms with E-state index in [2.05, 4.69) is 13.5 Å². The second-order valence-electron chi connectivity index (χ2n) is 6.19. The summed E-state index contributed by atoms with van der Waals surface area (Å²) in [4.78, 5) is 23.3. The topological polar surface area (TPSA) is 43.4 Å². The molecule has 1 fully saturated rings. The fourth-order valence-electron chi connectivity index (χ4n) is 3.65. The van der Waals surface area contributed by atoms with Gasteiger partial charge in [-0.05, 0) is 49.5 Å². The number of carbonyl (C=O) groups is 2. The van der Waals surface area contributed by atoms with Crippen molar-refractivity contribution in [3.05, 3.63) is 23.8 Å². The van der Waals surface area contributed by atoms with Gasteiger partial charge in [-0.1, -0.05) is 25.2 Å². The Hall–Kier alpha value is -1.38. The molecule has 0 spiro atoms. The van der Waals surface area contributed by atoms with Crippen LogP contribution in [0.25, 0.3) is 0 Å². The predicted molar refractivity (Wildman–Crippen MR) is 73.5 cm³/mol. The average Bonchev–Trinajstić information content (AvgIpc) is 2.65. The average molecular weight is 262 g/mol. The van der Waals surface area contributed by atoms with Crippen molar-refractivity contribution in [2.24, 2.45) is 17.3 Å². The molecule has 0 aliphatic heterocycles. The molecule has 0 heterocycles. The zero-order valence-corrected chi connectivity index (χ0v) is 12.0. The van der Waals surface area contributed by atoms with Crippen LogP contribution in [0.1, 0.15) is 39.5 Å². The van der Waals surface area contributed by atoms with Crippen molar-refractivity contribution < 1.29 is 14.3 Å². The van der Waals surface area contributed by atoms with Gasteiger partial charge in [0.25, 0.3) is 0 Å². The van der Waals surface area contributed by atoms with E-state index in [1.807, 2.05) is 6.08 Å². The molecule has 2 rings (SSSR count). The molecular weight excluding hydrogens is 240 g/mol. The Morgan fingerprint density at radius 2 is 2.16 bits per heavy atom. The van der Waals surface area contributed by atoms with Crippen molar-refractivity contribution in [2.45, 2.75) is 39.5 Å². The van der Waals surface area contributed by atoms with Crippen molar-refractivity contribution in [3.8, 4) is 0 Å². The number of ketones is 1. The Bertz CT molecular complexity index is 461. The molecule has 0 amide bonds. The maximum Gasteiger partial charge on any atom is 0.308 e. The third-order valence-corrected chi connectivity index (χ3v) is 4.79. The summed E-state index contributed by atoms with van der Waals surface area (Å²) in [7, 11) is 1.45. The van der Waals surface area contributed by atoms with Gasteiger partial charge in [0.2, 0.25) is 0 Å². The first-order chi connectivity index (χ1) is 8.87. The van der Waals surface area contributed by atoms with Crippen molar-refractivity contribution in [1.29, 1.82) is 0 Å². The zero-order valence-electron chi connectivity index (χ0n) is 12.0. The fourth-order valence-corrected chi connectivity index (χ4v) is 3.65. The first-order valence-corrected chi connectivity index (χ1v) is 6.83. The van der Waals surface area contributed by atoms with Gasteiger partial charge in [0.1, 0.15) is 0 Å². The Morgan fingerprint density at radius 3 is 2.74 bits per heavy atom. The largest absolute Gasteiger partial charge is 0.469 e. The van der Waals surface area contributed by atoms with Crippen LogP contribution in [0.15, 0.2) is 23.8 Å². The second-order valence-corrected chi connectivity index (χ2v) is 6.19. The van der Waals surface area contributed by atoms with E-state index in [0.29, 0.717) is 12.3 Å². The highest BCUT2D eigenvalue weighted by Gasteiger charge is 2.48. The van der Waals surface area contributed by atoms with Crippen LogP contribution in [0.3, 0.4) is 0 Å². The lowest BCUT2D eigenvalue weighted by Crippen LogP contribution is -2.21. The summed E-state index contributed by atoms with van der Waals surface area (Å²) in [5.74, 6) is 0.306. The molecule has 3 nitrogen and oxygen atoms in total. The van der Waals surface area contributed by atoms with Gasteiger partial charge in [-0.15, -0.1) is 0 Å². The molecule has 19 heavy (non-hydrogen) atoms. The molecule has 0 bridgehead atoms. The minimum atomic E-state index is -0.113. The van der Waals surface area contributed by atoms with Crippen LogP contribution in [-0.4, -0.2) is 18.9 Å². The second kappa shape index (κ2) is 4.95. The molecule has 1 saturated carbocycles. The summed E-state index contributed by atoms with van der Waals surface area (Å²) in [6.45, 7) is 7.98. The number of hydrogen-bond acceptors (Lipinski definition) is 3. The molecule has 104 valence electrons. The highest BCUT2D eigenvalue weighted by molar-refractivity contribution is 5.93. The van der Waals surface area contributed by atoms with Crippen LogP contribution in [0, 0.1) is 17.3 Å². The molecule has 0 aromatic heterocycles. The van der Waals surface area contributed by atoms with E-state index in [1.165, 1.54) is 7.11 Å². The maximum absolute atomic E-state index is 11.7. The summed E-state index contributed by atoms with van der Waals surface area (Å²) in [5, 5.41) is 0. The van der Waals surface area contributed by atoms with E-state index >= 15 is 0 Å². The Kier molecular flexibility index (Phi) is 3.66. The highest BCUT2D eigenvalue weighted by atomic mass is 16.5. The van der Waals surface area contributed by atoms with E-state index < -0.39 is 0 Å². The van der Waals surface area contributed by atoms with Gasteiger partial charge < -0.3 is 4.74 Å². The Labute approximate surface area is 114 Å². The number of hydrogen-bond donors (Lipinski definition) is 0. The van der Waals surface area contributed by atoms with E-state index in [4.69, 9.17) is 4.74 Å². The summed E-state index contributed by atoms with van der Waals surface area (Å²) in [6, 6.07) is 0. The van der Waals surface area contributed by atoms with Crippen molar-refractivity contribution >= 4 is 11.8 Å². The Balaban J connectivity index is 2.25. The smallest absolute Gasteiger partial charge is 0.308 e. The van der Waals surface area contributed by atoms with Crippen LogP contribution in [0.2, 0.25) is 0 Å². The van der Waals surface area contributed by atoms with Gasteiger partial charge in [0, 0.05) is 0 Å². The van der Waals surface area contributed by atoms with Crippen LogP contribution in [0.4, 0.5) is 0 Å². The first-order valence-electron chi connectivity index (χ1n) is 6.83. The summed E-state index contributed by atoms with van der Waals surface area (Å²) < 4.78 is 4.87. The molecule has 1 unspecified atom stereocenters. The number of ether oxygens (including phenoxy) is 1. The molecule has 0 radical (unpaired) electrons. The van der Waals surface area contributed by atoms with Crippen molar-refractivity contribution in [1.82, 2.24) is 0 Å². The monoisotopic (exact) mass is 262 g/mol. The summed E-state index contributed by atoms with van der Waals surface area (Å²) >= 11 is 0. The molecule has 0 aromatic carbocycles. The minimum absolute atomic E-state index is 0.0240. The van der Waals surface area contributed by atoms with Crippen molar-refractivity contribution in [2.75, 3.05) is 7.11 Å². The molecule has 0 aromatic rings. The number of methoxy groups -OCH3 is 1. The normalized spacial score (nSPS) is 34.3. The Morgan fingerprint density at radius 1 is 1.47 bits per heavy atom. The molecule has 0 saturated heterocycles. The van der Waals surface area contributed by atoms with E-state index in [1.54, 1.807) is 6.92 Å². The van der Waals surface area contributed by atoms with Gasteiger partial charge in [-0.3, -0.25) is 9.59 Å². The first kappa shape index (κ1) is 14.0. The van der Waals surface area contributed by atoms with Gasteiger partial charge in [-0.25, -0.2) is 0 Å². The standard InChI is InChI=1S/C16H22O3/c1-10-7-12(11(2)17)5-6-16(3)9-13(8-14(10)16)15(18)19-4/h5,13-14H,1,6-9H2,2-4H3/t13?,14-,16-/m1/s1. The van der Waals surface area contributed by atoms with Gasteiger partial charge in [-0.2, -0.15) is 0 Å². The lowest BCUT2D eigenvalue weighted by atomic mass is 9.74. The summed E-state index contributed by atoms with van der Waals surface area (Å²) in [6.07, 6.45) is 5.18. The molecule has 3 heteroatoms. The lowest BCUT2D eigenvalue weighted by molar-refractivity contribution is -0.145. The third kappa shape index (κ3) is 2.51. The van der Waals surface area contributed by atoms with Gasteiger partial charge >= 0.3 is 5.97 Å². The maximum atomic E-state index is 11.7. The van der Waals surface area contributed by atoms with Crippen LogP contribution in [-0.2, 0) is 14.3 Å². The minimum Gasteiger partial charge on any atom is -0.469 e. The predicted octanol–water partition coefficient (Wildman–Crippen LogP) is 3.06. The SMILES string of the molecule is C=C1CC(C(C)=O)=CC[C@]2(C)CC(C(=O)OC)C[C@H]12. The van der Waals surface area contributed by atoms with E-state index in [0.717, 1.165) is 30.4 Å². The molecule has 0 N–H and O–H groups in total. The lowest BCUT2D eigenvalue weighted by Gasteiger charge is -2.30. The molecule has 3 atom stereocenters. The van der Waals surface area contributed by atoms with Crippen LogP contribution >= 0.6 is 0 Å². The molecular formula is C16H22O3. The van der Waals surface area contributed by atoms with Gasteiger partial charge in [0.15, 0.2) is 5.78 Å². The number of allylic oxidation sites excluding steroid dienone is 3. The molecule has 2 aliphatic rings. The number of carbonyl (C=O) groups excluding carboxylic acids is 2. The third-order valence-electron chi connectivity index (χ3n) is 4.79. The fraction of sp³-hybridized carbons (Fsp3) is 0.625. The molecule has 2 aliphatic carbocycles. The van der Waals surface area contributed by atoms with E-state index in [-0.39, 0.29) is 23.1 Å². The van der Waals surface area contributed by atoms with E-state index in [9.17, 15) is 9.59 Å². The number of rotatable bonds is 2. The highest BCUT2D eigenvalue weighted by Crippen LogP contribution is 2.54. The van der Waals surface area contributed by atoms with Crippen molar-refractivity contribution in [3.63, 3.8) is 0 Å². The van der Waals surface area contributed by atoms with Gasteiger partial charge in [0.05, 0.1) is 13.0 Å².